The fourth-order valence-electron chi connectivity index (χ4n) is 4.06. The molecule has 9 heteroatoms. The monoisotopic (exact) mass is 468 g/mol. The summed E-state index contributed by atoms with van der Waals surface area (Å²) in [5.41, 5.74) is 2.88. The Balaban J connectivity index is 1.39. The second-order valence-electron chi connectivity index (χ2n) is 8.29. The molecule has 172 valence electrons. The lowest BCUT2D eigenvalue weighted by atomic mass is 10.0. The molecule has 1 atom stereocenters. The second-order valence-corrected chi connectivity index (χ2v) is 8.73. The molecular weight excluding hydrogens is 443 g/mol. The van der Waals surface area contributed by atoms with Gasteiger partial charge in [0.2, 0.25) is 5.91 Å². The number of aryl methyl sites for hydroxylation is 1. The summed E-state index contributed by atoms with van der Waals surface area (Å²) in [6.07, 6.45) is 3.91. The summed E-state index contributed by atoms with van der Waals surface area (Å²) in [7, 11) is 1.72. The number of carbonyl (C=O) groups is 1. The van der Waals surface area contributed by atoms with Crippen LogP contribution in [-0.4, -0.2) is 61.6 Å². The smallest absolute Gasteiger partial charge is 0.246 e. The van der Waals surface area contributed by atoms with Crippen LogP contribution in [0.5, 0.6) is 0 Å². The summed E-state index contributed by atoms with van der Waals surface area (Å²) in [5.74, 6) is 0.334. The molecule has 7 nitrogen and oxygen atoms in total. The van der Waals surface area contributed by atoms with E-state index in [0.717, 1.165) is 36.3 Å². The summed E-state index contributed by atoms with van der Waals surface area (Å²) in [6.45, 7) is 4.97. The molecule has 1 amide bonds. The summed E-state index contributed by atoms with van der Waals surface area (Å²) in [6, 6.07) is 12.2. The lowest BCUT2D eigenvalue weighted by molar-refractivity contribution is -0.130. The number of benzene rings is 2. The molecule has 4 rings (SSSR count). The first kappa shape index (κ1) is 23.1. The van der Waals surface area contributed by atoms with Gasteiger partial charge in [-0.1, -0.05) is 29.8 Å². The van der Waals surface area contributed by atoms with Gasteiger partial charge in [-0.25, -0.2) is 4.39 Å². The maximum Gasteiger partial charge on any atom is 0.246 e. The first-order chi connectivity index (χ1) is 15.9. The van der Waals surface area contributed by atoms with Crippen molar-refractivity contribution in [3.8, 4) is 0 Å². The molecule has 0 spiro atoms. The average molecular weight is 469 g/mol. The quantitative estimate of drug-likeness (QED) is 0.519. The molecule has 33 heavy (non-hydrogen) atoms. The molecule has 0 aliphatic carbocycles. The Morgan fingerprint density at radius 1 is 1.21 bits per heavy atom. The van der Waals surface area contributed by atoms with Crippen molar-refractivity contribution in [2.24, 2.45) is 7.05 Å². The third-order valence-corrected chi connectivity index (χ3v) is 5.96. The number of amides is 1. The number of hydrogen-bond donors (Lipinski definition) is 0. The molecule has 2 aromatic carbocycles. The second kappa shape index (κ2) is 10.2. The molecule has 1 saturated heterocycles. The van der Waals surface area contributed by atoms with Crippen LogP contribution >= 0.6 is 11.6 Å². The van der Waals surface area contributed by atoms with Gasteiger partial charge in [-0.2, -0.15) is 4.80 Å². The largest absolute Gasteiger partial charge is 0.334 e. The van der Waals surface area contributed by atoms with Gasteiger partial charge >= 0.3 is 0 Å². The summed E-state index contributed by atoms with van der Waals surface area (Å²) in [5, 5.41) is 12.7. The van der Waals surface area contributed by atoms with E-state index in [2.05, 4.69) is 27.2 Å². The molecule has 2 heterocycles. The van der Waals surface area contributed by atoms with Crippen molar-refractivity contribution in [1.29, 1.82) is 0 Å². The molecule has 1 aliphatic heterocycles. The highest BCUT2D eigenvalue weighted by Crippen LogP contribution is 2.20. The number of aromatic nitrogens is 4. The van der Waals surface area contributed by atoms with Crippen molar-refractivity contribution in [3.05, 3.63) is 81.9 Å². The van der Waals surface area contributed by atoms with Crippen molar-refractivity contribution < 1.29 is 9.18 Å². The number of rotatable bonds is 6. The van der Waals surface area contributed by atoms with E-state index < -0.39 is 0 Å². The minimum Gasteiger partial charge on any atom is -0.334 e. The molecule has 3 aromatic rings. The highest BCUT2D eigenvalue weighted by atomic mass is 35.5. The van der Waals surface area contributed by atoms with Crippen molar-refractivity contribution in [2.45, 2.75) is 25.9 Å². The molecule has 0 radical (unpaired) electrons. The number of nitrogens with zero attached hydrogens (tertiary/aromatic N) is 6. The Morgan fingerprint density at radius 2 is 2.00 bits per heavy atom. The number of piperazine rings is 1. The lowest BCUT2D eigenvalue weighted by Crippen LogP contribution is -2.53. The van der Waals surface area contributed by atoms with Crippen LogP contribution in [0.2, 0.25) is 5.02 Å². The van der Waals surface area contributed by atoms with E-state index >= 15 is 0 Å². The minimum atomic E-state index is -0.230. The van der Waals surface area contributed by atoms with Gasteiger partial charge in [0.15, 0.2) is 5.82 Å². The van der Waals surface area contributed by atoms with Crippen molar-refractivity contribution in [1.82, 2.24) is 30.0 Å². The maximum atomic E-state index is 13.1. The Hall–Kier alpha value is -3.10. The van der Waals surface area contributed by atoms with E-state index in [1.165, 1.54) is 16.9 Å². The van der Waals surface area contributed by atoms with E-state index in [-0.39, 0.29) is 17.8 Å². The highest BCUT2D eigenvalue weighted by Gasteiger charge is 2.26. The molecular formula is C24H26ClFN6O. The van der Waals surface area contributed by atoms with Gasteiger partial charge in [0, 0.05) is 49.7 Å². The van der Waals surface area contributed by atoms with E-state index in [4.69, 9.17) is 11.6 Å². The van der Waals surface area contributed by atoms with Crippen LogP contribution in [0.1, 0.15) is 29.4 Å². The van der Waals surface area contributed by atoms with Crippen LogP contribution in [0.4, 0.5) is 4.39 Å². The van der Waals surface area contributed by atoms with Gasteiger partial charge in [-0.15, -0.1) is 10.2 Å². The van der Waals surface area contributed by atoms with Crippen molar-refractivity contribution in [3.63, 3.8) is 0 Å². The zero-order valence-corrected chi connectivity index (χ0v) is 19.4. The zero-order chi connectivity index (χ0) is 23.4. The first-order valence-electron chi connectivity index (χ1n) is 10.8. The van der Waals surface area contributed by atoms with Crippen LogP contribution in [0, 0.1) is 5.82 Å². The zero-order valence-electron chi connectivity index (χ0n) is 18.7. The Kier molecular flexibility index (Phi) is 7.15. The van der Waals surface area contributed by atoms with E-state index in [1.54, 1.807) is 31.3 Å². The Morgan fingerprint density at radius 3 is 2.70 bits per heavy atom. The van der Waals surface area contributed by atoms with Crippen LogP contribution in [0.3, 0.4) is 0 Å². The van der Waals surface area contributed by atoms with Crippen LogP contribution in [0.15, 0.2) is 48.5 Å². The number of hydrogen-bond acceptors (Lipinski definition) is 5. The highest BCUT2D eigenvalue weighted by molar-refractivity contribution is 6.30. The minimum absolute atomic E-state index is 0.0255. The van der Waals surface area contributed by atoms with E-state index in [1.807, 2.05) is 23.1 Å². The molecule has 1 aliphatic rings. The predicted octanol–water partition coefficient (Wildman–Crippen LogP) is 3.34. The predicted molar refractivity (Wildman–Crippen MR) is 125 cm³/mol. The topological polar surface area (TPSA) is 67.2 Å². The third-order valence-electron chi connectivity index (χ3n) is 5.72. The normalized spacial score (nSPS) is 17.1. The maximum absolute atomic E-state index is 13.1. The van der Waals surface area contributed by atoms with Crippen molar-refractivity contribution in [2.75, 3.05) is 19.6 Å². The van der Waals surface area contributed by atoms with Crippen LogP contribution in [0.25, 0.3) is 6.08 Å². The molecule has 0 saturated carbocycles. The third kappa shape index (κ3) is 6.03. The van der Waals surface area contributed by atoms with Crippen molar-refractivity contribution >= 4 is 23.6 Å². The molecule has 0 bridgehead atoms. The molecule has 1 aromatic heterocycles. The van der Waals surface area contributed by atoms with Gasteiger partial charge in [-0.05, 0) is 59.2 Å². The SMILES string of the molecule is C[C@@H]1CN(Cc2ccc(F)cc2)CCN1C(=O)C=Cc1ccc(Cl)cc1Cc1nnn(C)n1. The molecule has 0 unspecified atom stereocenters. The van der Waals surface area contributed by atoms with E-state index in [0.29, 0.717) is 23.8 Å². The average Bonchev–Trinajstić information content (AvgIpc) is 3.19. The van der Waals surface area contributed by atoms with Gasteiger partial charge in [0.25, 0.3) is 0 Å². The van der Waals surface area contributed by atoms with Gasteiger partial charge in [0.1, 0.15) is 5.82 Å². The van der Waals surface area contributed by atoms with Gasteiger partial charge < -0.3 is 4.90 Å². The first-order valence-corrected chi connectivity index (χ1v) is 11.2. The standard InChI is InChI=1S/C24H26ClFN6O/c1-17-15-31(16-18-3-8-22(26)9-4-18)11-12-32(17)24(33)10-6-19-5-7-21(25)13-20(19)14-23-27-29-30(2)28-23/h3-10,13,17H,11-12,14-16H2,1-2H3/t17-/m1/s1. The number of tetrazole rings is 1. The number of carbonyl (C=O) groups excluding carboxylic acids is 1. The van der Waals surface area contributed by atoms with Crippen LogP contribution in [-0.2, 0) is 24.8 Å². The summed E-state index contributed by atoms with van der Waals surface area (Å²) < 4.78 is 13.1. The van der Waals surface area contributed by atoms with E-state index in [9.17, 15) is 9.18 Å². The fourth-order valence-corrected chi connectivity index (χ4v) is 4.26. The Labute approximate surface area is 197 Å². The Bertz CT molecular complexity index is 1150. The van der Waals surface area contributed by atoms with Gasteiger partial charge in [0.05, 0.1) is 7.05 Å². The van der Waals surface area contributed by atoms with Gasteiger partial charge in [-0.3, -0.25) is 9.69 Å². The van der Waals surface area contributed by atoms with Crippen LogP contribution < -0.4 is 0 Å². The summed E-state index contributed by atoms with van der Waals surface area (Å²) in [4.78, 5) is 18.5. The fraction of sp³-hybridized carbons (Fsp3) is 0.333. The molecule has 1 fully saturated rings. The lowest BCUT2D eigenvalue weighted by Gasteiger charge is -2.39. The molecule has 0 N–H and O–H groups in total. The number of halogens is 2. The summed E-state index contributed by atoms with van der Waals surface area (Å²) >= 11 is 6.19.